The molecule has 25 heteroatoms. The highest BCUT2D eigenvalue weighted by molar-refractivity contribution is 5.83. The Kier molecular flexibility index (Phi) is 20.1. The van der Waals surface area contributed by atoms with E-state index >= 15 is 0 Å². The summed E-state index contributed by atoms with van der Waals surface area (Å²) in [5, 5.41) is 50.2. The number of nitrogens with one attached hydrogen (secondary N) is 4. The number of azide groups is 1. The lowest BCUT2D eigenvalue weighted by Gasteiger charge is -2.42. The molecule has 0 spiro atoms. The number of aryl methyl sites for hydroxylation is 1. The lowest BCUT2D eigenvalue weighted by atomic mass is 9.91. The average Bonchev–Trinajstić information content (AvgIpc) is 4.31. The van der Waals surface area contributed by atoms with Crippen LogP contribution in [0.15, 0.2) is 117 Å². The number of carbonyl (C=O) groups excluding carboxylic acids is 2. The van der Waals surface area contributed by atoms with Gasteiger partial charge in [0.1, 0.15) is 18.5 Å². The summed E-state index contributed by atoms with van der Waals surface area (Å²) in [4.78, 5) is 85.8. The number of benzene rings is 2. The molecule has 81 heavy (non-hydrogen) atoms. The number of pyridine rings is 1. The summed E-state index contributed by atoms with van der Waals surface area (Å²) < 4.78 is 14.1. The molecule has 432 valence electrons. The molecule has 0 unspecified atom stereocenters. The molecule has 0 radical (unpaired) electrons. The fourth-order valence-electron chi connectivity index (χ4n) is 10.7. The summed E-state index contributed by atoms with van der Waals surface area (Å²) in [6.45, 7) is 10.0. The number of aromatic nitrogens is 7. The molecule has 10 atom stereocenters. The molecule has 3 saturated heterocycles. The van der Waals surface area contributed by atoms with Crippen LogP contribution in [0.2, 0.25) is 0 Å². The van der Waals surface area contributed by atoms with Crippen LogP contribution in [0.25, 0.3) is 21.6 Å². The van der Waals surface area contributed by atoms with Gasteiger partial charge < -0.3 is 45.5 Å². The SMILES string of the molecule is CC(C)(C)NC(=O)[C@@H]1CN(Cc2cccnc2)CCN1C[C@@H](O)C[C@@H](Cc1ccccc1)C(=O)N[C@H]1c2ccccc2C[C@H]1O.Cc1cn([C@H]2C[C@H](N=[N+]=[N-])[C@@H](CO)O2)c(=O)[nH]c1=O.O=c1[nH]cnc2c1ncn2[C@H]1CC[C@@H](CO)O1. The van der Waals surface area contributed by atoms with Gasteiger partial charge in [-0.1, -0.05) is 65.8 Å². The zero-order valence-electron chi connectivity index (χ0n) is 45.8. The molecular weight excluding hydrogens is 1040 g/mol. The van der Waals surface area contributed by atoms with E-state index in [1.54, 1.807) is 24.0 Å². The summed E-state index contributed by atoms with van der Waals surface area (Å²) >= 11 is 0. The van der Waals surface area contributed by atoms with Gasteiger partial charge in [-0.25, -0.2) is 14.8 Å². The maximum Gasteiger partial charge on any atom is 0.330 e. The highest BCUT2D eigenvalue weighted by Gasteiger charge is 2.39. The predicted octanol–water partition coefficient (Wildman–Crippen LogP) is 2.46. The van der Waals surface area contributed by atoms with Gasteiger partial charge in [-0.3, -0.25) is 48.1 Å². The van der Waals surface area contributed by atoms with E-state index in [0.717, 1.165) is 41.6 Å². The molecule has 3 fully saturated rings. The number of piperazine rings is 1. The quantitative estimate of drug-likeness (QED) is 0.0392. The number of rotatable bonds is 16. The molecular formula is C56H72N14O11. The molecule has 8 N–H and O–H groups in total. The van der Waals surface area contributed by atoms with Crippen molar-refractivity contribution in [3.05, 3.63) is 167 Å². The molecule has 3 aliphatic heterocycles. The van der Waals surface area contributed by atoms with Gasteiger partial charge >= 0.3 is 5.69 Å². The Morgan fingerprint density at radius 3 is 2.42 bits per heavy atom. The highest BCUT2D eigenvalue weighted by Crippen LogP contribution is 2.33. The van der Waals surface area contributed by atoms with Crippen LogP contribution in [0.1, 0.15) is 92.8 Å². The molecule has 4 aliphatic rings. The van der Waals surface area contributed by atoms with Crippen molar-refractivity contribution in [1.82, 2.24) is 54.5 Å². The van der Waals surface area contributed by atoms with Crippen LogP contribution in [-0.4, -0.2) is 158 Å². The molecule has 7 heterocycles. The standard InChI is InChI=1S/C36H47N5O4.C10H13N5O4.C10H12N4O3/c1-36(2,3)39-35(45)31-24-40(22-26-12-9-15-37-21-26)16-17-41(31)23-29(42)19-28(18-25-10-5-4-6-11-25)34(44)38-33-30-14-8-7-13-27(30)20-32(33)43;1-5-3-15(10(18)12-9(5)17)8-2-6(13-14-11)7(4-16)19-8;15-3-6-1-2-7(17-6)14-5-13-8-9(14)11-4-12-10(8)16/h4-15,21,28-29,31-33,42-43H,16-20,22-24H2,1-3H3,(H,38,44)(H,39,45);3,6-8,16H,2,4H2,1H3,(H,12,17,18);4-7,15H,1-3H2,(H,11,12,16)/t28-,29+,31+,32-,33+;6-,7+,8+;6-,7+/m100/s1. The Balaban J connectivity index is 0.000000194. The van der Waals surface area contributed by atoms with Crippen LogP contribution in [0.3, 0.4) is 0 Å². The van der Waals surface area contributed by atoms with E-state index in [1.165, 1.54) is 17.1 Å². The van der Waals surface area contributed by atoms with Crippen molar-refractivity contribution < 1.29 is 39.5 Å². The van der Waals surface area contributed by atoms with Gasteiger partial charge in [0.25, 0.3) is 11.1 Å². The van der Waals surface area contributed by atoms with Crippen LogP contribution in [0.4, 0.5) is 0 Å². The first-order valence-electron chi connectivity index (χ1n) is 27.2. The molecule has 0 saturated carbocycles. The number of amides is 2. The Labute approximate surface area is 466 Å². The van der Waals surface area contributed by atoms with Crippen molar-refractivity contribution in [2.45, 2.75) is 133 Å². The highest BCUT2D eigenvalue weighted by atomic mass is 16.5. The van der Waals surface area contributed by atoms with Crippen molar-refractivity contribution in [3.63, 3.8) is 0 Å². The number of β-amino-alcohol motifs (C(OH)–C–C–N with tert-alkyl or cyclic N) is 1. The normalized spacial score (nSPS) is 23.5. The van der Waals surface area contributed by atoms with E-state index < -0.39 is 65.4 Å². The molecule has 2 amide bonds. The smallest absolute Gasteiger partial charge is 0.330 e. The number of carbonyl (C=O) groups is 2. The summed E-state index contributed by atoms with van der Waals surface area (Å²) in [6.07, 6.45) is 7.73. The van der Waals surface area contributed by atoms with Crippen LogP contribution in [-0.2, 0) is 38.4 Å². The minimum atomic E-state index is -0.833. The van der Waals surface area contributed by atoms with Gasteiger partial charge in [0, 0.05) is 86.1 Å². The van der Waals surface area contributed by atoms with Crippen molar-refractivity contribution in [3.8, 4) is 0 Å². The summed E-state index contributed by atoms with van der Waals surface area (Å²) in [6, 6.07) is 20.1. The third-order valence-electron chi connectivity index (χ3n) is 14.7. The number of ether oxygens (including phenoxy) is 2. The van der Waals surface area contributed by atoms with Gasteiger partial charge in [-0.05, 0) is 87.2 Å². The van der Waals surface area contributed by atoms with Gasteiger partial charge in [0.2, 0.25) is 11.8 Å². The number of imidazole rings is 1. The lowest BCUT2D eigenvalue weighted by molar-refractivity contribution is -0.132. The number of hydrogen-bond acceptors (Lipinski definition) is 17. The van der Waals surface area contributed by atoms with E-state index in [2.05, 4.69) is 55.4 Å². The van der Waals surface area contributed by atoms with Crippen molar-refractivity contribution >= 4 is 23.0 Å². The zero-order valence-corrected chi connectivity index (χ0v) is 45.8. The topological polar surface area (TPSA) is 344 Å². The molecule has 10 rings (SSSR count). The molecule has 1 aliphatic carbocycles. The van der Waals surface area contributed by atoms with Crippen molar-refractivity contribution in [2.24, 2.45) is 11.0 Å². The molecule has 0 bridgehead atoms. The average molecular weight is 1120 g/mol. The van der Waals surface area contributed by atoms with E-state index in [0.29, 0.717) is 49.2 Å². The summed E-state index contributed by atoms with van der Waals surface area (Å²) in [7, 11) is 0. The van der Waals surface area contributed by atoms with Crippen LogP contribution in [0.5, 0.6) is 0 Å². The first-order chi connectivity index (χ1) is 38.9. The second kappa shape index (κ2) is 27.3. The molecule has 4 aromatic heterocycles. The van der Waals surface area contributed by atoms with Gasteiger partial charge in [0.15, 0.2) is 11.2 Å². The second-order valence-electron chi connectivity index (χ2n) is 21.9. The fraction of sp³-hybridized carbons (Fsp3) is 0.500. The fourth-order valence-corrected chi connectivity index (χ4v) is 10.7. The molecule has 6 aromatic rings. The third kappa shape index (κ3) is 15.5. The van der Waals surface area contributed by atoms with Crippen molar-refractivity contribution in [1.29, 1.82) is 0 Å². The Morgan fingerprint density at radius 2 is 1.70 bits per heavy atom. The first-order valence-corrected chi connectivity index (χ1v) is 27.2. The Morgan fingerprint density at radius 1 is 0.938 bits per heavy atom. The maximum atomic E-state index is 13.8. The monoisotopic (exact) mass is 1120 g/mol. The number of nitrogens with zero attached hydrogens (tertiary/aromatic N) is 10. The number of aliphatic hydroxyl groups is 4. The zero-order chi connectivity index (χ0) is 57.8. The second-order valence-corrected chi connectivity index (χ2v) is 21.9. The van der Waals surface area contributed by atoms with Crippen molar-refractivity contribution in [2.75, 3.05) is 39.4 Å². The maximum absolute atomic E-state index is 13.8. The molecule has 25 nitrogen and oxygen atoms in total. The number of aliphatic hydroxyl groups excluding tert-OH is 4. The van der Waals surface area contributed by atoms with Crippen LogP contribution < -0.4 is 27.4 Å². The number of fused-ring (bicyclic) bond motifs is 2. The van der Waals surface area contributed by atoms with Gasteiger partial charge in [0.05, 0.1) is 62.4 Å². The predicted molar refractivity (Wildman–Crippen MR) is 297 cm³/mol. The number of hydrogen-bond donors (Lipinski definition) is 8. The Bertz CT molecular complexity index is 3290. The first kappa shape index (κ1) is 59.7. The summed E-state index contributed by atoms with van der Waals surface area (Å²) in [5.74, 6) is -0.781. The van der Waals surface area contributed by atoms with Gasteiger partial charge in [-0.2, -0.15) is 0 Å². The Hall–Kier alpha value is -7.45. The van der Waals surface area contributed by atoms with Gasteiger partial charge in [-0.15, -0.1) is 0 Å². The third-order valence-corrected chi connectivity index (χ3v) is 14.7. The number of aromatic amines is 2. The summed E-state index contributed by atoms with van der Waals surface area (Å²) in [5.41, 5.74) is 12.0. The van der Waals surface area contributed by atoms with E-state index in [4.69, 9.17) is 25.2 Å². The minimum absolute atomic E-state index is 0.0111. The van der Waals surface area contributed by atoms with E-state index in [9.17, 15) is 34.2 Å². The van der Waals surface area contributed by atoms with Crippen LogP contribution >= 0.6 is 0 Å². The van der Waals surface area contributed by atoms with E-state index in [1.807, 2.05) is 93.7 Å². The lowest BCUT2D eigenvalue weighted by Crippen LogP contribution is -2.61. The number of H-pyrrole nitrogens is 2. The minimum Gasteiger partial charge on any atom is -0.394 e. The van der Waals surface area contributed by atoms with E-state index in [-0.39, 0.29) is 62.3 Å². The van der Waals surface area contributed by atoms with Crippen LogP contribution in [0, 0.1) is 12.8 Å². The largest absolute Gasteiger partial charge is 0.394 e. The molecule has 2 aromatic carbocycles.